The molecule has 0 aliphatic carbocycles. The molecule has 134 valence electrons. The van der Waals surface area contributed by atoms with Gasteiger partial charge < -0.3 is 15.4 Å². The van der Waals surface area contributed by atoms with Crippen molar-refractivity contribution in [1.82, 2.24) is 15.3 Å². The first-order chi connectivity index (χ1) is 11.7. The normalized spacial score (nSPS) is 16.6. The fourth-order valence-corrected chi connectivity index (χ4v) is 3.32. The Balaban J connectivity index is 0.00000225. The van der Waals surface area contributed by atoms with Crippen molar-refractivity contribution < 1.29 is 9.53 Å². The Morgan fingerprint density at radius 2 is 2.16 bits per heavy atom. The highest BCUT2D eigenvalue weighted by atomic mass is 35.5. The quantitative estimate of drug-likeness (QED) is 0.830. The summed E-state index contributed by atoms with van der Waals surface area (Å²) in [6.45, 7) is 2.85. The maximum Gasteiger partial charge on any atom is 0.322 e. The summed E-state index contributed by atoms with van der Waals surface area (Å²) in [6.07, 6.45) is 2.15. The number of rotatable bonds is 5. The van der Waals surface area contributed by atoms with E-state index in [-0.39, 0.29) is 24.4 Å². The molecule has 3 rings (SSSR count). The van der Waals surface area contributed by atoms with E-state index in [0.717, 1.165) is 29.4 Å². The number of halogens is 1. The summed E-state index contributed by atoms with van der Waals surface area (Å²) in [5.41, 5.74) is 1.60. The Hall–Kier alpha value is -1.83. The van der Waals surface area contributed by atoms with E-state index < -0.39 is 0 Å². The number of carbonyl (C=O) groups excluding carboxylic acids is 1. The van der Waals surface area contributed by atoms with Crippen molar-refractivity contribution >= 4 is 35.8 Å². The number of hydrogen-bond donors (Lipinski definition) is 2. The maximum absolute atomic E-state index is 12.1. The molecule has 1 aromatic heterocycles. The predicted molar refractivity (Wildman–Crippen MR) is 103 cm³/mol. The lowest BCUT2D eigenvalue weighted by Crippen LogP contribution is -2.39. The average Bonchev–Trinajstić information content (AvgIpc) is 2.57. The van der Waals surface area contributed by atoms with Crippen molar-refractivity contribution in [3.63, 3.8) is 0 Å². The van der Waals surface area contributed by atoms with Crippen LogP contribution in [0.5, 0.6) is 11.8 Å². The molecule has 0 bridgehead atoms. The van der Waals surface area contributed by atoms with Gasteiger partial charge >= 0.3 is 6.01 Å². The highest BCUT2D eigenvalue weighted by Crippen LogP contribution is 2.20. The third-order valence-electron chi connectivity index (χ3n) is 3.55. The number of aromatic nitrogens is 2. The number of amides is 1. The highest BCUT2D eigenvalue weighted by molar-refractivity contribution is 7.99. The van der Waals surface area contributed by atoms with Crippen molar-refractivity contribution in [2.45, 2.75) is 19.4 Å². The molecular formula is C17H21ClN4O2S. The molecule has 2 aromatic rings. The number of nitrogens with zero attached hydrogens (tertiary/aromatic N) is 2. The lowest BCUT2D eigenvalue weighted by Gasteiger charge is -2.22. The van der Waals surface area contributed by atoms with Gasteiger partial charge in [0.15, 0.2) is 0 Å². The largest absolute Gasteiger partial charge is 0.424 e. The van der Waals surface area contributed by atoms with Gasteiger partial charge in [-0.05, 0) is 37.3 Å². The van der Waals surface area contributed by atoms with E-state index in [2.05, 4.69) is 20.6 Å². The molecule has 8 heteroatoms. The van der Waals surface area contributed by atoms with Gasteiger partial charge in [-0.1, -0.05) is 0 Å². The zero-order valence-corrected chi connectivity index (χ0v) is 15.5. The van der Waals surface area contributed by atoms with Crippen LogP contribution in [0, 0.1) is 6.92 Å². The van der Waals surface area contributed by atoms with Crippen LogP contribution in [-0.2, 0) is 4.79 Å². The molecule has 1 fully saturated rings. The lowest BCUT2D eigenvalue weighted by atomic mass is 10.2. The summed E-state index contributed by atoms with van der Waals surface area (Å²) >= 11 is 1.88. The molecule has 1 aromatic carbocycles. The summed E-state index contributed by atoms with van der Waals surface area (Å²) in [5, 5.41) is 6.28. The number of thioether (sulfide) groups is 1. The second-order valence-electron chi connectivity index (χ2n) is 5.59. The van der Waals surface area contributed by atoms with Crippen LogP contribution in [0.1, 0.15) is 12.1 Å². The summed E-state index contributed by atoms with van der Waals surface area (Å²) < 4.78 is 5.59. The van der Waals surface area contributed by atoms with E-state index in [1.807, 2.05) is 36.9 Å². The Bertz CT molecular complexity index is 693. The van der Waals surface area contributed by atoms with E-state index in [9.17, 15) is 4.79 Å². The summed E-state index contributed by atoms with van der Waals surface area (Å²) in [5.74, 6) is 2.75. The van der Waals surface area contributed by atoms with Crippen LogP contribution >= 0.6 is 24.2 Å². The van der Waals surface area contributed by atoms with Crippen LogP contribution < -0.4 is 15.4 Å². The molecule has 2 N–H and O–H groups in total. The molecule has 1 amide bonds. The monoisotopic (exact) mass is 380 g/mol. The molecule has 0 spiro atoms. The molecule has 0 saturated carbocycles. The van der Waals surface area contributed by atoms with Crippen LogP contribution in [0.15, 0.2) is 36.5 Å². The Morgan fingerprint density at radius 3 is 2.84 bits per heavy atom. The Labute approximate surface area is 157 Å². The third kappa shape index (κ3) is 6.19. The zero-order valence-electron chi connectivity index (χ0n) is 13.9. The number of ether oxygens (including phenoxy) is 1. The molecule has 6 nitrogen and oxygen atoms in total. The van der Waals surface area contributed by atoms with Gasteiger partial charge in [0, 0.05) is 48.1 Å². The van der Waals surface area contributed by atoms with Gasteiger partial charge in [0.25, 0.3) is 0 Å². The molecule has 0 radical (unpaired) electrons. The van der Waals surface area contributed by atoms with Crippen molar-refractivity contribution in [1.29, 1.82) is 0 Å². The SMILES string of the molecule is Cc1ccnc(Oc2ccc(NC(=O)CC3CSCCN3)cc2)n1.Cl. The standard InChI is InChI=1S/C17H20N4O2S.ClH/c1-12-6-7-19-17(20-12)23-15-4-2-13(3-5-15)21-16(22)10-14-11-24-9-8-18-14;/h2-7,14,18H,8-11H2,1H3,(H,21,22);1H. The second kappa shape index (κ2) is 9.60. The van der Waals surface area contributed by atoms with Crippen LogP contribution in [0.3, 0.4) is 0 Å². The third-order valence-corrected chi connectivity index (χ3v) is 4.68. The first-order valence-electron chi connectivity index (χ1n) is 7.87. The van der Waals surface area contributed by atoms with Gasteiger partial charge in [-0.25, -0.2) is 9.97 Å². The minimum Gasteiger partial charge on any atom is -0.424 e. The number of nitrogens with one attached hydrogen (secondary N) is 2. The average molecular weight is 381 g/mol. The Kier molecular flexibility index (Phi) is 7.49. The first-order valence-corrected chi connectivity index (χ1v) is 9.03. The topological polar surface area (TPSA) is 76.1 Å². The summed E-state index contributed by atoms with van der Waals surface area (Å²) in [7, 11) is 0. The minimum absolute atomic E-state index is 0. The second-order valence-corrected chi connectivity index (χ2v) is 6.74. The predicted octanol–water partition coefficient (Wildman–Crippen LogP) is 3.03. The van der Waals surface area contributed by atoms with Crippen LogP contribution in [-0.4, -0.2) is 40.0 Å². The molecule has 1 atom stereocenters. The van der Waals surface area contributed by atoms with Gasteiger partial charge in [-0.15, -0.1) is 12.4 Å². The van der Waals surface area contributed by atoms with E-state index >= 15 is 0 Å². The van der Waals surface area contributed by atoms with Crippen LogP contribution in [0.2, 0.25) is 0 Å². The van der Waals surface area contributed by atoms with Gasteiger partial charge in [-0.3, -0.25) is 4.79 Å². The van der Waals surface area contributed by atoms with E-state index in [0.29, 0.717) is 18.2 Å². The lowest BCUT2D eigenvalue weighted by molar-refractivity contribution is -0.116. The minimum atomic E-state index is 0. The Morgan fingerprint density at radius 1 is 1.36 bits per heavy atom. The first kappa shape index (κ1) is 19.5. The van der Waals surface area contributed by atoms with E-state index in [1.54, 1.807) is 18.3 Å². The van der Waals surface area contributed by atoms with Gasteiger partial charge in [0.1, 0.15) is 5.75 Å². The fourth-order valence-electron chi connectivity index (χ4n) is 2.37. The smallest absolute Gasteiger partial charge is 0.322 e. The summed E-state index contributed by atoms with van der Waals surface area (Å²) in [6, 6.07) is 9.58. The van der Waals surface area contributed by atoms with Crippen molar-refractivity contribution in [3.8, 4) is 11.8 Å². The highest BCUT2D eigenvalue weighted by Gasteiger charge is 2.16. The van der Waals surface area contributed by atoms with Crippen LogP contribution in [0.25, 0.3) is 0 Å². The number of hydrogen-bond acceptors (Lipinski definition) is 6. The molecule has 25 heavy (non-hydrogen) atoms. The van der Waals surface area contributed by atoms with Crippen molar-refractivity contribution in [2.24, 2.45) is 0 Å². The van der Waals surface area contributed by atoms with Crippen molar-refractivity contribution in [2.75, 3.05) is 23.4 Å². The van der Waals surface area contributed by atoms with Crippen molar-refractivity contribution in [3.05, 3.63) is 42.2 Å². The number of carbonyl (C=O) groups is 1. The molecule has 2 heterocycles. The zero-order chi connectivity index (χ0) is 16.8. The van der Waals surface area contributed by atoms with Gasteiger partial charge in [-0.2, -0.15) is 11.8 Å². The van der Waals surface area contributed by atoms with Gasteiger partial charge in [0.2, 0.25) is 5.91 Å². The number of benzene rings is 1. The summed E-state index contributed by atoms with van der Waals surface area (Å²) in [4.78, 5) is 20.3. The molecule has 1 aliphatic rings. The number of aryl methyl sites for hydroxylation is 1. The number of anilines is 1. The molecular weight excluding hydrogens is 360 g/mol. The van der Waals surface area contributed by atoms with E-state index in [4.69, 9.17) is 4.74 Å². The fraction of sp³-hybridized carbons (Fsp3) is 0.353. The van der Waals surface area contributed by atoms with Crippen LogP contribution in [0.4, 0.5) is 5.69 Å². The van der Waals surface area contributed by atoms with E-state index in [1.165, 1.54) is 0 Å². The van der Waals surface area contributed by atoms with Gasteiger partial charge in [0.05, 0.1) is 0 Å². The molecule has 1 saturated heterocycles. The molecule has 1 unspecified atom stereocenters. The molecule has 1 aliphatic heterocycles. The maximum atomic E-state index is 12.1.